The van der Waals surface area contributed by atoms with Gasteiger partial charge in [-0.2, -0.15) is 0 Å². The molecule has 0 N–H and O–H groups in total. The summed E-state index contributed by atoms with van der Waals surface area (Å²) in [4.78, 5) is 0. The quantitative estimate of drug-likeness (QED) is 0.761. The number of rotatable bonds is 2. The number of aromatic nitrogens is 3. The van der Waals surface area contributed by atoms with Crippen LogP contribution in [-0.4, -0.2) is 15.0 Å². The topological polar surface area (TPSA) is 30.7 Å². The van der Waals surface area contributed by atoms with E-state index in [1.54, 1.807) is 0 Å². The van der Waals surface area contributed by atoms with Crippen LogP contribution in [0.25, 0.3) is 0 Å². The molecule has 3 rings (SSSR count). The van der Waals surface area contributed by atoms with Gasteiger partial charge in [0.2, 0.25) is 0 Å². The van der Waals surface area contributed by atoms with E-state index in [-0.39, 0.29) is 0 Å². The minimum absolute atomic E-state index is 0.647. The van der Waals surface area contributed by atoms with Crippen molar-refractivity contribution in [2.45, 2.75) is 37.1 Å². The first-order valence-corrected chi connectivity index (χ1v) is 6.45. The first-order valence-electron chi connectivity index (χ1n) is 5.33. The van der Waals surface area contributed by atoms with Gasteiger partial charge in [0.05, 0.1) is 11.7 Å². The second-order valence-corrected chi connectivity index (χ2v) is 5.13. The van der Waals surface area contributed by atoms with Crippen molar-refractivity contribution in [3.05, 3.63) is 11.9 Å². The fourth-order valence-electron chi connectivity index (χ4n) is 3.07. The first-order chi connectivity index (χ1) is 6.86. The molecule has 2 aliphatic rings. The van der Waals surface area contributed by atoms with Gasteiger partial charge in [-0.1, -0.05) is 27.6 Å². The minimum Gasteiger partial charge on any atom is -0.249 e. The smallest absolute Gasteiger partial charge is 0.0932 e. The van der Waals surface area contributed by atoms with Crippen molar-refractivity contribution < 1.29 is 0 Å². The Balaban J connectivity index is 1.82. The Kier molecular flexibility index (Phi) is 2.11. The normalized spacial score (nSPS) is 35.4. The highest BCUT2D eigenvalue weighted by atomic mass is 79.9. The largest absolute Gasteiger partial charge is 0.249 e. The summed E-state index contributed by atoms with van der Waals surface area (Å²) in [5, 5.41) is 9.17. The molecule has 0 spiro atoms. The van der Waals surface area contributed by atoms with Crippen LogP contribution in [0.1, 0.15) is 37.4 Å². The molecular formula is C10H14BrN3. The maximum Gasteiger partial charge on any atom is 0.0932 e. The van der Waals surface area contributed by atoms with Crippen molar-refractivity contribution in [3.8, 4) is 0 Å². The predicted molar refractivity (Wildman–Crippen MR) is 57.1 cm³/mol. The Labute approximate surface area is 92.0 Å². The van der Waals surface area contributed by atoms with Gasteiger partial charge in [0, 0.05) is 11.5 Å². The fraction of sp³-hybridized carbons (Fsp3) is 0.800. The Morgan fingerprint density at radius 2 is 2.36 bits per heavy atom. The molecule has 4 heteroatoms. The Hall–Kier alpha value is -0.380. The molecule has 1 aromatic heterocycles. The van der Waals surface area contributed by atoms with Crippen molar-refractivity contribution >= 4 is 15.9 Å². The number of hydrogen-bond acceptors (Lipinski definition) is 2. The van der Waals surface area contributed by atoms with Crippen LogP contribution in [0.4, 0.5) is 0 Å². The summed E-state index contributed by atoms with van der Waals surface area (Å²) in [6.45, 7) is 0. The maximum atomic E-state index is 4.22. The molecule has 3 atom stereocenters. The van der Waals surface area contributed by atoms with Gasteiger partial charge in [-0.25, -0.2) is 4.68 Å². The highest BCUT2D eigenvalue weighted by Crippen LogP contribution is 2.50. The summed E-state index contributed by atoms with van der Waals surface area (Å²) in [6, 6.07) is 0.647. The molecule has 2 saturated carbocycles. The molecule has 0 saturated heterocycles. The standard InChI is InChI=1S/C10H14BrN3/c11-5-9-6-14(13-12-9)10-4-7-1-2-8(10)3-7/h6-8,10H,1-5H2. The van der Waals surface area contributed by atoms with Crippen LogP contribution < -0.4 is 0 Å². The van der Waals surface area contributed by atoms with Gasteiger partial charge in [0.15, 0.2) is 0 Å². The van der Waals surface area contributed by atoms with Crippen LogP contribution in [0, 0.1) is 11.8 Å². The fourth-order valence-corrected chi connectivity index (χ4v) is 3.33. The molecule has 2 bridgehead atoms. The molecule has 0 aromatic carbocycles. The molecule has 1 aromatic rings. The van der Waals surface area contributed by atoms with Gasteiger partial charge in [0.25, 0.3) is 0 Å². The van der Waals surface area contributed by atoms with Gasteiger partial charge in [-0.15, -0.1) is 5.10 Å². The molecule has 2 aliphatic carbocycles. The lowest BCUT2D eigenvalue weighted by atomic mass is 9.96. The molecular weight excluding hydrogens is 242 g/mol. The van der Waals surface area contributed by atoms with Gasteiger partial charge in [0.1, 0.15) is 0 Å². The van der Waals surface area contributed by atoms with Gasteiger partial charge in [-0.3, -0.25) is 0 Å². The Morgan fingerprint density at radius 3 is 2.93 bits per heavy atom. The summed E-state index contributed by atoms with van der Waals surface area (Å²) in [7, 11) is 0. The van der Waals surface area contributed by atoms with Crippen molar-refractivity contribution in [1.82, 2.24) is 15.0 Å². The van der Waals surface area contributed by atoms with Crippen LogP contribution in [0.5, 0.6) is 0 Å². The summed E-state index contributed by atoms with van der Waals surface area (Å²) >= 11 is 3.40. The monoisotopic (exact) mass is 255 g/mol. The van der Waals surface area contributed by atoms with E-state index in [1.165, 1.54) is 25.7 Å². The second kappa shape index (κ2) is 3.33. The molecule has 0 amide bonds. The van der Waals surface area contributed by atoms with E-state index in [9.17, 15) is 0 Å². The number of halogens is 1. The highest BCUT2D eigenvalue weighted by Gasteiger charge is 2.40. The SMILES string of the molecule is BrCc1cn(C2CC3CCC2C3)nn1. The van der Waals surface area contributed by atoms with Crippen molar-refractivity contribution in [1.29, 1.82) is 0 Å². The molecule has 3 nitrogen and oxygen atoms in total. The molecule has 3 unspecified atom stereocenters. The second-order valence-electron chi connectivity index (χ2n) is 4.57. The number of hydrogen-bond donors (Lipinski definition) is 0. The Bertz CT molecular complexity index is 336. The molecule has 0 radical (unpaired) electrons. The van der Waals surface area contributed by atoms with Gasteiger partial charge in [-0.05, 0) is 31.1 Å². The average molecular weight is 256 g/mol. The number of alkyl halides is 1. The van der Waals surface area contributed by atoms with Crippen LogP contribution in [0.2, 0.25) is 0 Å². The highest BCUT2D eigenvalue weighted by molar-refractivity contribution is 9.08. The lowest BCUT2D eigenvalue weighted by Gasteiger charge is -2.20. The molecule has 2 fully saturated rings. The van der Waals surface area contributed by atoms with E-state index >= 15 is 0 Å². The third kappa shape index (κ3) is 1.31. The first kappa shape index (κ1) is 8.89. The van der Waals surface area contributed by atoms with Crippen LogP contribution >= 0.6 is 15.9 Å². The zero-order valence-corrected chi connectivity index (χ0v) is 9.65. The lowest BCUT2D eigenvalue weighted by Crippen LogP contribution is -2.16. The van der Waals surface area contributed by atoms with Crippen molar-refractivity contribution in [2.24, 2.45) is 11.8 Å². The van der Waals surface area contributed by atoms with E-state index in [0.717, 1.165) is 22.9 Å². The maximum absolute atomic E-state index is 4.22. The average Bonchev–Trinajstić information content (AvgIpc) is 2.93. The zero-order chi connectivity index (χ0) is 9.54. The molecule has 76 valence electrons. The van der Waals surface area contributed by atoms with Gasteiger partial charge >= 0.3 is 0 Å². The summed E-state index contributed by atoms with van der Waals surface area (Å²) in [6.07, 6.45) is 7.70. The van der Waals surface area contributed by atoms with E-state index in [4.69, 9.17) is 0 Å². The summed E-state index contributed by atoms with van der Waals surface area (Å²) in [5.74, 6) is 1.85. The summed E-state index contributed by atoms with van der Waals surface area (Å²) in [5.41, 5.74) is 1.05. The van der Waals surface area contributed by atoms with Crippen molar-refractivity contribution in [2.75, 3.05) is 0 Å². The zero-order valence-electron chi connectivity index (χ0n) is 8.06. The molecule has 0 aliphatic heterocycles. The van der Waals surface area contributed by atoms with Crippen LogP contribution in [-0.2, 0) is 5.33 Å². The Morgan fingerprint density at radius 1 is 1.43 bits per heavy atom. The van der Waals surface area contributed by atoms with E-state index < -0.39 is 0 Å². The van der Waals surface area contributed by atoms with Gasteiger partial charge < -0.3 is 0 Å². The molecule has 14 heavy (non-hydrogen) atoms. The van der Waals surface area contributed by atoms with E-state index in [1.807, 2.05) is 0 Å². The van der Waals surface area contributed by atoms with Crippen molar-refractivity contribution in [3.63, 3.8) is 0 Å². The van der Waals surface area contributed by atoms with E-state index in [0.29, 0.717) is 6.04 Å². The summed E-state index contributed by atoms with van der Waals surface area (Å²) < 4.78 is 2.10. The van der Waals surface area contributed by atoms with Crippen LogP contribution in [0.15, 0.2) is 6.20 Å². The number of nitrogens with zero attached hydrogens (tertiary/aromatic N) is 3. The minimum atomic E-state index is 0.647. The molecule has 1 heterocycles. The lowest BCUT2D eigenvalue weighted by molar-refractivity contribution is 0.302. The predicted octanol–water partition coefficient (Wildman–Crippen LogP) is 2.53. The van der Waals surface area contributed by atoms with Crippen LogP contribution in [0.3, 0.4) is 0 Å². The third-order valence-electron chi connectivity index (χ3n) is 3.74. The third-order valence-corrected chi connectivity index (χ3v) is 4.31. The van der Waals surface area contributed by atoms with E-state index in [2.05, 4.69) is 37.1 Å². The number of fused-ring (bicyclic) bond motifs is 2.